The van der Waals surface area contributed by atoms with Crippen LogP contribution in [-0.4, -0.2) is 65.8 Å². The number of benzene rings is 2. The molecule has 0 radical (unpaired) electrons. The highest BCUT2D eigenvalue weighted by atomic mass is 16.5. The maximum Gasteiger partial charge on any atom is 0.328 e. The molecule has 8 nitrogen and oxygen atoms in total. The van der Waals surface area contributed by atoms with Crippen molar-refractivity contribution in [1.29, 1.82) is 0 Å². The molecular formula is C34H40N2O6. The van der Waals surface area contributed by atoms with Gasteiger partial charge in [-0.1, -0.05) is 61.9 Å². The number of esters is 1. The molecule has 2 aliphatic rings. The fourth-order valence-corrected chi connectivity index (χ4v) is 5.52. The van der Waals surface area contributed by atoms with E-state index in [1.165, 1.54) is 12.0 Å². The number of carbonyl (C=O) groups excluding carboxylic acids is 4. The van der Waals surface area contributed by atoms with E-state index in [9.17, 15) is 19.2 Å². The van der Waals surface area contributed by atoms with Gasteiger partial charge in [-0.2, -0.15) is 0 Å². The highest BCUT2D eigenvalue weighted by molar-refractivity contribution is 6.36. The van der Waals surface area contributed by atoms with Gasteiger partial charge in [-0.05, 0) is 68.4 Å². The van der Waals surface area contributed by atoms with E-state index in [0.29, 0.717) is 54.9 Å². The number of rotatable bonds is 11. The van der Waals surface area contributed by atoms with Crippen LogP contribution < -0.4 is 4.74 Å². The summed E-state index contributed by atoms with van der Waals surface area (Å²) in [4.78, 5) is 57.5. The van der Waals surface area contributed by atoms with Gasteiger partial charge in [0, 0.05) is 18.5 Å². The summed E-state index contributed by atoms with van der Waals surface area (Å²) in [7, 11) is 1.30. The van der Waals surface area contributed by atoms with Gasteiger partial charge in [0.05, 0.1) is 12.7 Å². The lowest BCUT2D eigenvalue weighted by atomic mass is 9.95. The van der Waals surface area contributed by atoms with Crippen molar-refractivity contribution in [2.45, 2.75) is 65.5 Å². The summed E-state index contributed by atoms with van der Waals surface area (Å²) in [5, 5.41) is 0. The van der Waals surface area contributed by atoms with Gasteiger partial charge in [0.2, 0.25) is 5.91 Å². The molecule has 42 heavy (non-hydrogen) atoms. The third kappa shape index (κ3) is 6.81. The Bertz CT molecular complexity index is 1370. The SMILES string of the molecule is COC(=O)C1CCCN1C(=O)C(Cc1ccccc1)N1C(=O)C(CC(C)C)=C(c2ccc(OCC=C(C)C)cc2)C1=O. The summed E-state index contributed by atoms with van der Waals surface area (Å²) >= 11 is 0. The minimum Gasteiger partial charge on any atom is -0.490 e. The Kier molecular flexibility index (Phi) is 9.99. The summed E-state index contributed by atoms with van der Waals surface area (Å²) < 4.78 is 10.7. The van der Waals surface area contributed by atoms with Crippen LogP contribution in [0.4, 0.5) is 0 Å². The fraction of sp³-hybridized carbons (Fsp3) is 0.412. The summed E-state index contributed by atoms with van der Waals surface area (Å²) in [6.45, 7) is 8.76. The molecule has 2 aromatic carbocycles. The van der Waals surface area contributed by atoms with Crippen LogP contribution in [0, 0.1) is 5.92 Å². The predicted octanol–water partition coefficient (Wildman–Crippen LogP) is 4.98. The quantitative estimate of drug-likeness (QED) is 0.214. The maximum absolute atomic E-state index is 14.2. The molecule has 1 saturated heterocycles. The molecule has 0 aromatic heterocycles. The molecular weight excluding hydrogens is 532 g/mol. The van der Waals surface area contributed by atoms with Crippen molar-refractivity contribution in [2.75, 3.05) is 20.3 Å². The number of imide groups is 1. The second-order valence-electron chi connectivity index (χ2n) is 11.5. The van der Waals surface area contributed by atoms with E-state index in [4.69, 9.17) is 9.47 Å². The van der Waals surface area contributed by atoms with Gasteiger partial charge in [-0.15, -0.1) is 0 Å². The van der Waals surface area contributed by atoms with Crippen molar-refractivity contribution < 1.29 is 28.7 Å². The average Bonchev–Trinajstić information content (AvgIpc) is 3.55. The van der Waals surface area contributed by atoms with Gasteiger partial charge in [0.1, 0.15) is 24.4 Å². The normalized spacial score (nSPS) is 17.6. The minimum atomic E-state index is -1.11. The van der Waals surface area contributed by atoms with E-state index in [2.05, 4.69) is 0 Å². The molecule has 0 aliphatic carbocycles. The highest BCUT2D eigenvalue weighted by Gasteiger charge is 2.48. The summed E-state index contributed by atoms with van der Waals surface area (Å²) in [5.41, 5.74) is 3.26. The zero-order chi connectivity index (χ0) is 30.4. The fourth-order valence-electron chi connectivity index (χ4n) is 5.52. The van der Waals surface area contributed by atoms with Crippen LogP contribution in [0.25, 0.3) is 5.57 Å². The average molecular weight is 573 g/mol. The Morgan fingerprint density at radius 3 is 2.29 bits per heavy atom. The number of methoxy groups -OCH3 is 1. The second-order valence-corrected chi connectivity index (χ2v) is 11.5. The molecule has 2 aliphatic heterocycles. The minimum absolute atomic E-state index is 0.101. The number of likely N-dealkylation sites (tertiary alicyclic amines) is 1. The van der Waals surface area contributed by atoms with Gasteiger partial charge in [0.25, 0.3) is 11.8 Å². The van der Waals surface area contributed by atoms with Crippen molar-refractivity contribution in [3.8, 4) is 5.75 Å². The molecule has 4 rings (SSSR count). The zero-order valence-corrected chi connectivity index (χ0v) is 25.1. The number of allylic oxidation sites excluding steroid dienone is 1. The van der Waals surface area contributed by atoms with Gasteiger partial charge in [0.15, 0.2) is 0 Å². The second kappa shape index (κ2) is 13.6. The Morgan fingerprint density at radius 1 is 0.976 bits per heavy atom. The Morgan fingerprint density at radius 2 is 1.67 bits per heavy atom. The van der Waals surface area contributed by atoms with Crippen LogP contribution in [0.5, 0.6) is 5.75 Å². The molecule has 0 N–H and O–H groups in total. The lowest BCUT2D eigenvalue weighted by molar-refractivity contribution is -0.155. The third-order valence-corrected chi connectivity index (χ3v) is 7.59. The van der Waals surface area contributed by atoms with Crippen molar-refractivity contribution >= 4 is 29.3 Å². The molecule has 8 heteroatoms. The smallest absolute Gasteiger partial charge is 0.328 e. The number of hydrogen-bond acceptors (Lipinski definition) is 6. The molecule has 2 unspecified atom stereocenters. The van der Waals surface area contributed by atoms with Crippen molar-refractivity contribution in [3.63, 3.8) is 0 Å². The first kappa shape index (κ1) is 30.8. The van der Waals surface area contributed by atoms with E-state index < -0.39 is 35.8 Å². The standard InChI is InChI=1S/C34H40N2O6/c1-22(2)17-19-42-26-15-13-25(14-16-26)30-27(20-23(3)4)31(37)36(33(30)39)29(21-24-10-7-6-8-11-24)32(38)35-18-9-12-28(35)34(40)41-5/h6-8,10-11,13-17,23,28-29H,9,12,18-21H2,1-5H3. The number of ether oxygens (including phenoxy) is 2. The van der Waals surface area contributed by atoms with E-state index in [0.717, 1.165) is 16.0 Å². The van der Waals surface area contributed by atoms with Crippen molar-refractivity contribution in [2.24, 2.45) is 5.92 Å². The molecule has 1 fully saturated rings. The largest absolute Gasteiger partial charge is 0.490 e. The van der Waals surface area contributed by atoms with E-state index in [1.54, 1.807) is 24.3 Å². The molecule has 3 amide bonds. The molecule has 2 aromatic rings. The van der Waals surface area contributed by atoms with Crippen molar-refractivity contribution in [1.82, 2.24) is 9.80 Å². The lowest BCUT2D eigenvalue weighted by Crippen LogP contribution is -2.55. The Balaban J connectivity index is 1.71. The monoisotopic (exact) mass is 572 g/mol. The zero-order valence-electron chi connectivity index (χ0n) is 25.1. The molecule has 0 spiro atoms. The van der Waals surface area contributed by atoms with Crippen molar-refractivity contribution in [3.05, 3.63) is 82.9 Å². The van der Waals surface area contributed by atoms with Crippen LogP contribution in [0.2, 0.25) is 0 Å². The van der Waals surface area contributed by atoms with Gasteiger partial charge < -0.3 is 14.4 Å². The highest BCUT2D eigenvalue weighted by Crippen LogP contribution is 2.36. The van der Waals surface area contributed by atoms with Gasteiger partial charge in [-0.25, -0.2) is 4.79 Å². The van der Waals surface area contributed by atoms with Crippen LogP contribution in [0.3, 0.4) is 0 Å². The van der Waals surface area contributed by atoms with E-state index in [1.807, 2.05) is 64.1 Å². The molecule has 222 valence electrons. The maximum atomic E-state index is 14.2. The number of nitrogens with zero attached hydrogens (tertiary/aromatic N) is 2. The summed E-state index contributed by atoms with van der Waals surface area (Å²) in [6.07, 6.45) is 3.61. The van der Waals surface area contributed by atoms with Crippen LogP contribution in [-0.2, 0) is 30.3 Å². The van der Waals surface area contributed by atoms with Crippen LogP contribution in [0.1, 0.15) is 58.1 Å². The first-order valence-corrected chi connectivity index (χ1v) is 14.5. The van der Waals surface area contributed by atoms with E-state index in [-0.39, 0.29) is 12.3 Å². The Labute approximate surface area is 248 Å². The number of amides is 3. The molecule has 2 atom stereocenters. The summed E-state index contributed by atoms with van der Waals surface area (Å²) in [5.74, 6) is -1.14. The predicted molar refractivity (Wildman–Crippen MR) is 160 cm³/mol. The molecule has 2 heterocycles. The number of hydrogen-bond donors (Lipinski definition) is 0. The topological polar surface area (TPSA) is 93.2 Å². The van der Waals surface area contributed by atoms with Crippen LogP contribution >= 0.6 is 0 Å². The third-order valence-electron chi connectivity index (χ3n) is 7.59. The first-order chi connectivity index (χ1) is 20.1. The Hall–Kier alpha value is -4.20. The lowest BCUT2D eigenvalue weighted by Gasteiger charge is -2.32. The summed E-state index contributed by atoms with van der Waals surface area (Å²) in [6, 6.07) is 14.6. The first-order valence-electron chi connectivity index (χ1n) is 14.5. The van der Waals surface area contributed by atoms with Gasteiger partial charge >= 0.3 is 5.97 Å². The van der Waals surface area contributed by atoms with Gasteiger partial charge in [-0.3, -0.25) is 19.3 Å². The van der Waals surface area contributed by atoms with Crippen LogP contribution in [0.15, 0.2) is 71.8 Å². The molecule has 0 bridgehead atoms. The molecule has 0 saturated carbocycles. The number of carbonyl (C=O) groups is 4. The van der Waals surface area contributed by atoms with E-state index >= 15 is 0 Å².